The fourth-order valence-electron chi connectivity index (χ4n) is 2.23. The smallest absolute Gasteiger partial charge is 0.254 e. The molecule has 1 amide bonds. The lowest BCUT2D eigenvalue weighted by Crippen LogP contribution is -2.21. The molecule has 24 heavy (non-hydrogen) atoms. The number of rotatable bonds is 3. The van der Waals surface area contributed by atoms with Gasteiger partial charge in [-0.15, -0.1) is 0 Å². The van der Waals surface area contributed by atoms with Crippen LogP contribution >= 0.6 is 0 Å². The summed E-state index contributed by atoms with van der Waals surface area (Å²) in [5.74, 6) is 0.0406. The van der Waals surface area contributed by atoms with E-state index in [9.17, 15) is 4.79 Å². The molecule has 118 valence electrons. The van der Waals surface area contributed by atoms with Gasteiger partial charge in [0.25, 0.3) is 5.91 Å². The van der Waals surface area contributed by atoms with Gasteiger partial charge in [-0.3, -0.25) is 4.79 Å². The zero-order chi connectivity index (χ0) is 17.1. The van der Waals surface area contributed by atoms with Crippen molar-refractivity contribution in [3.8, 4) is 11.8 Å². The highest BCUT2D eigenvalue weighted by molar-refractivity contribution is 5.95. The van der Waals surface area contributed by atoms with E-state index in [2.05, 4.69) is 4.99 Å². The van der Waals surface area contributed by atoms with Gasteiger partial charge in [-0.25, -0.2) is 4.99 Å². The molecule has 0 unspecified atom stereocenters. The van der Waals surface area contributed by atoms with E-state index >= 15 is 0 Å². The maximum Gasteiger partial charge on any atom is 0.254 e. The summed E-state index contributed by atoms with van der Waals surface area (Å²) in [6.45, 7) is 0. The van der Waals surface area contributed by atoms with Crippen molar-refractivity contribution >= 4 is 22.6 Å². The molecule has 2 aromatic carbocycles. The van der Waals surface area contributed by atoms with Crippen LogP contribution in [0.5, 0.6) is 5.75 Å². The molecule has 0 atom stereocenters. The largest absolute Gasteiger partial charge is 0.497 e. The minimum atomic E-state index is -0.657. The Hall–Kier alpha value is -3.59. The van der Waals surface area contributed by atoms with Crippen molar-refractivity contribution in [1.82, 2.24) is 0 Å². The topological polar surface area (TPSA) is 102 Å². The number of nitrogens with zero attached hydrogens (tertiary/aromatic N) is 2. The molecule has 1 heterocycles. The Morgan fingerprint density at radius 1 is 1.21 bits per heavy atom. The minimum absolute atomic E-state index is 0.116. The van der Waals surface area contributed by atoms with Crippen molar-refractivity contribution < 1.29 is 13.9 Å². The number of hydrogen-bond donors (Lipinski definition) is 1. The van der Waals surface area contributed by atoms with Gasteiger partial charge in [0, 0.05) is 5.39 Å². The van der Waals surface area contributed by atoms with E-state index in [1.54, 1.807) is 55.6 Å². The lowest BCUT2D eigenvalue weighted by Gasteiger charge is -2.03. The molecule has 0 fully saturated rings. The van der Waals surface area contributed by atoms with Gasteiger partial charge in [0.05, 0.1) is 24.4 Å². The number of primary amides is 1. The van der Waals surface area contributed by atoms with E-state index < -0.39 is 5.91 Å². The van der Waals surface area contributed by atoms with E-state index in [-0.39, 0.29) is 11.1 Å². The van der Waals surface area contributed by atoms with E-state index in [0.29, 0.717) is 28.0 Å². The zero-order valence-electron chi connectivity index (χ0n) is 12.8. The van der Waals surface area contributed by atoms with E-state index in [0.717, 1.165) is 0 Å². The number of carbonyl (C=O) groups is 1. The lowest BCUT2D eigenvalue weighted by molar-refractivity contribution is 0.0996. The predicted octanol–water partition coefficient (Wildman–Crippen LogP) is 2.64. The molecule has 6 heteroatoms. The lowest BCUT2D eigenvalue weighted by atomic mass is 10.1. The zero-order valence-corrected chi connectivity index (χ0v) is 12.8. The molecule has 0 radical (unpaired) electrons. The maximum absolute atomic E-state index is 11.7. The van der Waals surface area contributed by atoms with Gasteiger partial charge in [0.2, 0.25) is 5.55 Å². The van der Waals surface area contributed by atoms with Gasteiger partial charge in [-0.05, 0) is 48.5 Å². The van der Waals surface area contributed by atoms with Crippen molar-refractivity contribution in [3.63, 3.8) is 0 Å². The van der Waals surface area contributed by atoms with Crippen molar-refractivity contribution in [1.29, 1.82) is 5.26 Å². The van der Waals surface area contributed by atoms with Crippen LogP contribution in [-0.2, 0) is 0 Å². The summed E-state index contributed by atoms with van der Waals surface area (Å²) in [6.07, 6.45) is 0. The highest BCUT2D eigenvalue weighted by Gasteiger charge is 2.10. The third-order valence-corrected chi connectivity index (χ3v) is 3.44. The first kappa shape index (κ1) is 15.3. The average Bonchev–Trinajstić information content (AvgIpc) is 2.61. The van der Waals surface area contributed by atoms with E-state index in [1.165, 1.54) is 0 Å². The number of benzene rings is 2. The molecule has 6 nitrogen and oxygen atoms in total. The second-order valence-electron chi connectivity index (χ2n) is 5.00. The first-order valence-electron chi connectivity index (χ1n) is 7.07. The molecule has 3 aromatic rings. The second kappa shape index (κ2) is 6.26. The third-order valence-electron chi connectivity index (χ3n) is 3.44. The number of fused-ring (bicyclic) bond motifs is 1. The molecule has 3 rings (SSSR count). The first-order valence-corrected chi connectivity index (χ1v) is 7.07. The number of carbonyl (C=O) groups excluding carboxylic acids is 1. The van der Waals surface area contributed by atoms with Crippen LogP contribution in [0.15, 0.2) is 57.9 Å². The summed E-state index contributed by atoms with van der Waals surface area (Å²) in [5, 5.41) is 9.57. The van der Waals surface area contributed by atoms with Gasteiger partial charge in [-0.2, -0.15) is 5.26 Å². The third kappa shape index (κ3) is 2.96. The van der Waals surface area contributed by atoms with Crippen LogP contribution in [0.3, 0.4) is 0 Å². The van der Waals surface area contributed by atoms with E-state index in [4.69, 9.17) is 20.1 Å². The molecular formula is C18H13N3O3. The fraction of sp³-hybridized carbons (Fsp3) is 0.0556. The summed E-state index contributed by atoms with van der Waals surface area (Å²) in [4.78, 5) is 16.1. The summed E-state index contributed by atoms with van der Waals surface area (Å²) in [6, 6.07) is 15.5. The van der Waals surface area contributed by atoms with Crippen LogP contribution in [0.25, 0.3) is 11.0 Å². The van der Waals surface area contributed by atoms with Crippen LogP contribution in [-0.4, -0.2) is 13.0 Å². The van der Waals surface area contributed by atoms with Gasteiger partial charge >= 0.3 is 0 Å². The first-order chi connectivity index (χ1) is 11.6. The monoisotopic (exact) mass is 319 g/mol. The Bertz CT molecular complexity index is 1030. The summed E-state index contributed by atoms with van der Waals surface area (Å²) >= 11 is 0. The van der Waals surface area contributed by atoms with Crippen LogP contribution in [0.1, 0.15) is 15.9 Å². The number of nitrogens with two attached hydrogens (primary N) is 1. The van der Waals surface area contributed by atoms with Gasteiger partial charge in [0.1, 0.15) is 16.9 Å². The predicted molar refractivity (Wildman–Crippen MR) is 87.7 cm³/mol. The Morgan fingerprint density at radius 3 is 2.58 bits per heavy atom. The molecule has 0 spiro atoms. The molecule has 0 saturated heterocycles. The Kier molecular flexibility index (Phi) is 4.00. The van der Waals surface area contributed by atoms with Gasteiger partial charge in [0.15, 0.2) is 0 Å². The normalized spacial score (nSPS) is 11.2. The van der Waals surface area contributed by atoms with E-state index in [1.807, 2.05) is 6.07 Å². The van der Waals surface area contributed by atoms with Gasteiger partial charge < -0.3 is 14.9 Å². The summed E-state index contributed by atoms with van der Waals surface area (Å²) in [5.41, 5.74) is 7.26. The average molecular weight is 319 g/mol. The highest BCUT2D eigenvalue weighted by atomic mass is 16.5. The molecule has 0 saturated carbocycles. The SMILES string of the molecule is COc1ccc(N=c2oc3ccc(C#N)cc3cc2C(N)=O)cc1. The number of amides is 1. The highest BCUT2D eigenvalue weighted by Crippen LogP contribution is 2.19. The van der Waals surface area contributed by atoms with Crippen molar-refractivity contribution in [2.75, 3.05) is 7.11 Å². The Morgan fingerprint density at radius 2 is 1.96 bits per heavy atom. The summed E-state index contributed by atoms with van der Waals surface area (Å²) in [7, 11) is 1.57. The quantitative estimate of drug-likeness (QED) is 0.801. The number of ether oxygens (including phenoxy) is 1. The fourth-order valence-corrected chi connectivity index (χ4v) is 2.23. The molecule has 2 N–H and O–H groups in total. The molecular weight excluding hydrogens is 306 g/mol. The Balaban J connectivity index is 2.21. The van der Waals surface area contributed by atoms with Crippen molar-refractivity contribution in [2.24, 2.45) is 10.7 Å². The van der Waals surface area contributed by atoms with Crippen molar-refractivity contribution in [2.45, 2.75) is 0 Å². The van der Waals surface area contributed by atoms with Crippen LogP contribution in [0, 0.1) is 11.3 Å². The minimum Gasteiger partial charge on any atom is -0.497 e. The number of nitriles is 1. The molecule has 0 aliphatic carbocycles. The standard InChI is InChI=1S/C18H13N3O3/c1-23-14-5-3-13(4-6-14)21-18-15(17(20)22)9-12-8-11(10-19)2-7-16(12)24-18/h2-9H,1H3,(H2,20,22). The van der Waals surface area contributed by atoms with Crippen molar-refractivity contribution in [3.05, 3.63) is 65.2 Å². The molecule has 0 bridgehead atoms. The molecule has 0 aliphatic heterocycles. The molecule has 1 aromatic heterocycles. The Labute approximate surface area is 137 Å². The summed E-state index contributed by atoms with van der Waals surface area (Å²) < 4.78 is 10.8. The van der Waals surface area contributed by atoms with Gasteiger partial charge in [-0.1, -0.05) is 0 Å². The molecule has 0 aliphatic rings. The van der Waals surface area contributed by atoms with Crippen LogP contribution in [0.2, 0.25) is 0 Å². The van der Waals surface area contributed by atoms with Crippen LogP contribution in [0.4, 0.5) is 5.69 Å². The number of hydrogen-bond acceptors (Lipinski definition) is 5. The number of methoxy groups -OCH3 is 1. The maximum atomic E-state index is 11.7. The van der Waals surface area contributed by atoms with Crippen LogP contribution < -0.4 is 16.0 Å². The second-order valence-corrected chi connectivity index (χ2v) is 5.00.